The van der Waals surface area contributed by atoms with Crippen molar-refractivity contribution >= 4 is 0 Å². The minimum Gasteiger partial charge on any atom is -0.311 e. The molecule has 0 saturated carbocycles. The van der Waals surface area contributed by atoms with Crippen LogP contribution >= 0.6 is 0 Å². The van der Waals surface area contributed by atoms with E-state index in [-0.39, 0.29) is 6.54 Å². The largest absolute Gasteiger partial charge is 0.311 e. The zero-order valence-electron chi connectivity index (χ0n) is 8.82. The summed E-state index contributed by atoms with van der Waals surface area (Å²) < 4.78 is 27.3. The van der Waals surface area contributed by atoms with Gasteiger partial charge >= 0.3 is 0 Å². The monoisotopic (exact) mass is 204 g/mol. The molecule has 2 fully saturated rings. The number of nitrogens with one attached hydrogen (secondary N) is 1. The van der Waals surface area contributed by atoms with E-state index in [0.29, 0.717) is 25.6 Å². The van der Waals surface area contributed by atoms with Crippen LogP contribution < -0.4 is 5.32 Å². The molecule has 2 rings (SSSR count). The van der Waals surface area contributed by atoms with Crippen LogP contribution in [0.2, 0.25) is 0 Å². The lowest BCUT2D eigenvalue weighted by Gasteiger charge is -2.57. The van der Waals surface area contributed by atoms with Gasteiger partial charge in [-0.05, 0) is 26.8 Å². The molecule has 4 heteroatoms. The van der Waals surface area contributed by atoms with E-state index in [9.17, 15) is 8.78 Å². The van der Waals surface area contributed by atoms with Crippen LogP contribution in [0.25, 0.3) is 0 Å². The smallest absolute Gasteiger partial charge is 0.268 e. The Kier molecular flexibility index (Phi) is 2.31. The highest BCUT2D eigenvalue weighted by molar-refractivity contribution is 5.07. The molecule has 14 heavy (non-hydrogen) atoms. The molecule has 2 saturated heterocycles. The number of nitrogens with zero attached hydrogens (tertiary/aromatic N) is 1. The third-order valence-electron chi connectivity index (χ3n) is 3.65. The van der Waals surface area contributed by atoms with Gasteiger partial charge < -0.3 is 5.32 Å². The summed E-state index contributed by atoms with van der Waals surface area (Å²) in [6, 6.07) is 0.395. The van der Waals surface area contributed by atoms with Crippen molar-refractivity contribution in [1.82, 2.24) is 10.2 Å². The first kappa shape index (κ1) is 10.3. The highest BCUT2D eigenvalue weighted by Gasteiger charge is 2.61. The molecule has 82 valence electrons. The van der Waals surface area contributed by atoms with Crippen molar-refractivity contribution in [2.45, 2.75) is 32.2 Å². The lowest BCUT2D eigenvalue weighted by atomic mass is 9.69. The van der Waals surface area contributed by atoms with Crippen LogP contribution in [-0.2, 0) is 0 Å². The third kappa shape index (κ3) is 1.36. The lowest BCUT2D eigenvalue weighted by Crippen LogP contribution is -2.70. The molecular weight excluding hydrogens is 186 g/mol. The lowest BCUT2D eigenvalue weighted by molar-refractivity contribution is -0.209. The summed E-state index contributed by atoms with van der Waals surface area (Å²) in [6.07, 6.45) is 0.614. The number of alkyl halides is 2. The Morgan fingerprint density at radius 3 is 2.43 bits per heavy atom. The van der Waals surface area contributed by atoms with Crippen LogP contribution in [0.4, 0.5) is 8.78 Å². The zero-order chi connectivity index (χ0) is 10.4. The molecule has 2 nitrogen and oxygen atoms in total. The van der Waals surface area contributed by atoms with Crippen molar-refractivity contribution in [2.24, 2.45) is 5.41 Å². The molecule has 2 aliphatic rings. The van der Waals surface area contributed by atoms with Gasteiger partial charge in [-0.3, -0.25) is 4.90 Å². The van der Waals surface area contributed by atoms with Gasteiger partial charge in [-0.25, -0.2) is 8.78 Å². The first-order chi connectivity index (χ1) is 6.47. The summed E-state index contributed by atoms with van der Waals surface area (Å²) in [5.41, 5.74) is -0.720. The molecule has 1 spiro atoms. The summed E-state index contributed by atoms with van der Waals surface area (Å²) in [6.45, 7) is 5.86. The summed E-state index contributed by atoms with van der Waals surface area (Å²) >= 11 is 0. The molecule has 0 radical (unpaired) electrons. The summed E-state index contributed by atoms with van der Waals surface area (Å²) in [7, 11) is 0. The summed E-state index contributed by atoms with van der Waals surface area (Å²) in [4.78, 5) is 2.12. The predicted octanol–water partition coefficient (Wildman–Crippen LogP) is 1.33. The van der Waals surface area contributed by atoms with E-state index in [2.05, 4.69) is 24.1 Å². The molecule has 0 aromatic rings. The van der Waals surface area contributed by atoms with Crippen molar-refractivity contribution in [3.63, 3.8) is 0 Å². The Balaban J connectivity index is 2.04. The molecule has 0 aromatic carbocycles. The van der Waals surface area contributed by atoms with Gasteiger partial charge in [0.1, 0.15) is 0 Å². The molecular formula is C10H18F2N2. The minimum atomic E-state index is -2.52. The number of halogens is 2. The van der Waals surface area contributed by atoms with Gasteiger partial charge in [-0.15, -0.1) is 0 Å². The number of likely N-dealkylation sites (tertiary alicyclic amines) is 1. The van der Waals surface area contributed by atoms with Crippen LogP contribution in [0.5, 0.6) is 0 Å². The van der Waals surface area contributed by atoms with Gasteiger partial charge in [0.25, 0.3) is 5.92 Å². The molecule has 0 amide bonds. The number of rotatable bonds is 1. The highest BCUT2D eigenvalue weighted by Crippen LogP contribution is 2.48. The van der Waals surface area contributed by atoms with Gasteiger partial charge in [0.15, 0.2) is 0 Å². The van der Waals surface area contributed by atoms with Crippen molar-refractivity contribution < 1.29 is 8.78 Å². The van der Waals surface area contributed by atoms with Gasteiger partial charge in [-0.2, -0.15) is 0 Å². The average Bonchev–Trinajstić information content (AvgIpc) is 1.99. The Hall–Kier alpha value is -0.220. The maximum atomic E-state index is 13.7. The normalized spacial score (nSPS) is 30.6. The molecule has 2 aliphatic heterocycles. The molecule has 0 atom stereocenters. The highest BCUT2D eigenvalue weighted by atomic mass is 19.3. The van der Waals surface area contributed by atoms with E-state index in [4.69, 9.17) is 0 Å². The average molecular weight is 204 g/mol. The van der Waals surface area contributed by atoms with Crippen LogP contribution in [0.3, 0.4) is 0 Å². The molecule has 0 unspecified atom stereocenters. The SMILES string of the molecule is CC(C)N1CC2(CCNCC2(F)F)C1. The molecule has 2 heterocycles. The summed E-state index contributed by atoms with van der Waals surface area (Å²) in [5.74, 6) is -2.52. The van der Waals surface area contributed by atoms with Crippen LogP contribution in [0.1, 0.15) is 20.3 Å². The third-order valence-corrected chi connectivity index (χ3v) is 3.65. The molecule has 0 aromatic heterocycles. The van der Waals surface area contributed by atoms with Crippen molar-refractivity contribution in [3.05, 3.63) is 0 Å². The van der Waals surface area contributed by atoms with E-state index in [0.717, 1.165) is 6.54 Å². The second-order valence-electron chi connectivity index (χ2n) is 4.91. The van der Waals surface area contributed by atoms with E-state index in [1.807, 2.05) is 0 Å². The standard InChI is InChI=1S/C10H18F2N2/c1-8(2)14-6-9(7-14)3-4-13-5-10(9,11)12/h8,13H,3-7H2,1-2H3. The summed E-state index contributed by atoms with van der Waals surface area (Å²) in [5, 5.41) is 2.77. The van der Waals surface area contributed by atoms with Gasteiger partial charge in [0, 0.05) is 19.1 Å². The first-order valence-corrected chi connectivity index (χ1v) is 5.29. The van der Waals surface area contributed by atoms with Crippen LogP contribution in [0.15, 0.2) is 0 Å². The number of hydrogen-bond acceptors (Lipinski definition) is 2. The Morgan fingerprint density at radius 2 is 1.93 bits per heavy atom. The van der Waals surface area contributed by atoms with Crippen molar-refractivity contribution in [3.8, 4) is 0 Å². The van der Waals surface area contributed by atoms with Gasteiger partial charge in [-0.1, -0.05) is 0 Å². The maximum absolute atomic E-state index is 13.7. The molecule has 0 aliphatic carbocycles. The van der Waals surface area contributed by atoms with Crippen molar-refractivity contribution in [2.75, 3.05) is 26.2 Å². The van der Waals surface area contributed by atoms with Crippen LogP contribution in [0, 0.1) is 5.41 Å². The molecule has 1 N–H and O–H groups in total. The second kappa shape index (κ2) is 3.14. The first-order valence-electron chi connectivity index (χ1n) is 5.29. The Morgan fingerprint density at radius 1 is 1.29 bits per heavy atom. The van der Waals surface area contributed by atoms with Crippen LogP contribution in [-0.4, -0.2) is 43.0 Å². The zero-order valence-corrected chi connectivity index (χ0v) is 8.82. The molecule has 0 bridgehead atoms. The minimum absolute atomic E-state index is 0.140. The van der Waals surface area contributed by atoms with E-state index in [1.54, 1.807) is 0 Å². The number of piperidine rings is 1. The number of hydrogen-bond donors (Lipinski definition) is 1. The second-order valence-corrected chi connectivity index (χ2v) is 4.91. The topological polar surface area (TPSA) is 15.3 Å². The van der Waals surface area contributed by atoms with E-state index >= 15 is 0 Å². The van der Waals surface area contributed by atoms with E-state index < -0.39 is 11.3 Å². The maximum Gasteiger partial charge on any atom is 0.268 e. The quantitative estimate of drug-likeness (QED) is 0.693. The van der Waals surface area contributed by atoms with Gasteiger partial charge in [0.2, 0.25) is 0 Å². The Labute approximate surface area is 83.7 Å². The fraction of sp³-hybridized carbons (Fsp3) is 1.00. The van der Waals surface area contributed by atoms with Gasteiger partial charge in [0.05, 0.1) is 12.0 Å². The Bertz CT molecular complexity index is 222. The fourth-order valence-electron chi connectivity index (χ4n) is 2.43. The predicted molar refractivity (Wildman–Crippen MR) is 51.6 cm³/mol. The van der Waals surface area contributed by atoms with E-state index in [1.165, 1.54) is 0 Å². The fourth-order valence-corrected chi connectivity index (χ4v) is 2.43. The van der Waals surface area contributed by atoms with Crippen molar-refractivity contribution in [1.29, 1.82) is 0 Å².